The van der Waals surface area contributed by atoms with Crippen LogP contribution < -0.4 is 11.1 Å². The third-order valence-corrected chi connectivity index (χ3v) is 4.56. The number of hydrogen-bond donors (Lipinski definition) is 2. The molecule has 1 aliphatic heterocycles. The van der Waals surface area contributed by atoms with Gasteiger partial charge in [0, 0.05) is 42.3 Å². The first kappa shape index (κ1) is 15.2. The van der Waals surface area contributed by atoms with Gasteiger partial charge in [-0.05, 0) is 26.5 Å². The number of nitrogens with zero attached hydrogens (tertiary/aromatic N) is 2. The fraction of sp³-hybridized carbons (Fsp3) is 0.667. The summed E-state index contributed by atoms with van der Waals surface area (Å²) in [4.78, 5) is 6.75. The molecule has 1 aromatic rings. The summed E-state index contributed by atoms with van der Waals surface area (Å²) in [7, 11) is 1.99. The Bertz CT molecular complexity index is 434. The summed E-state index contributed by atoms with van der Waals surface area (Å²) >= 11 is 0. The Morgan fingerprint density at radius 3 is 2.75 bits per heavy atom. The molecule has 3 N–H and O–H groups in total. The van der Waals surface area contributed by atoms with E-state index < -0.39 is 0 Å². The van der Waals surface area contributed by atoms with Crippen molar-refractivity contribution in [2.24, 2.45) is 0 Å². The maximum absolute atomic E-state index is 6.15. The predicted molar refractivity (Wildman–Crippen MR) is 81.5 cm³/mol. The second kappa shape index (κ2) is 6.52. The van der Waals surface area contributed by atoms with E-state index in [9.17, 15) is 0 Å². The standard InChI is InChI=1S/C15H26N4O/c1-4-15(2,19-7-9-20-10-8-19)14(17-3)12-11-18-6-5-13(12)16/h5-6,11,14,17H,4,7-10H2,1-3H3,(H2,16,18). The number of anilines is 1. The molecule has 0 amide bonds. The molecule has 0 aliphatic carbocycles. The number of ether oxygens (including phenoxy) is 1. The minimum Gasteiger partial charge on any atom is -0.398 e. The highest BCUT2D eigenvalue weighted by molar-refractivity contribution is 5.47. The van der Waals surface area contributed by atoms with Gasteiger partial charge in [-0.3, -0.25) is 9.88 Å². The molecule has 1 aromatic heterocycles. The number of likely N-dealkylation sites (N-methyl/N-ethyl adjacent to an activating group) is 1. The first-order valence-corrected chi connectivity index (χ1v) is 7.33. The van der Waals surface area contributed by atoms with Crippen LogP contribution >= 0.6 is 0 Å². The summed E-state index contributed by atoms with van der Waals surface area (Å²) < 4.78 is 5.48. The molecular weight excluding hydrogens is 252 g/mol. The van der Waals surface area contributed by atoms with E-state index >= 15 is 0 Å². The largest absolute Gasteiger partial charge is 0.398 e. The van der Waals surface area contributed by atoms with Crippen LogP contribution in [-0.2, 0) is 4.74 Å². The Balaban J connectivity index is 2.33. The smallest absolute Gasteiger partial charge is 0.0594 e. The van der Waals surface area contributed by atoms with Crippen LogP contribution in [0.1, 0.15) is 31.9 Å². The number of nitrogens with two attached hydrogens (primary N) is 1. The highest BCUT2D eigenvalue weighted by atomic mass is 16.5. The Morgan fingerprint density at radius 2 is 2.20 bits per heavy atom. The van der Waals surface area contributed by atoms with Crippen LogP contribution in [0, 0.1) is 0 Å². The fourth-order valence-electron chi connectivity index (χ4n) is 3.14. The summed E-state index contributed by atoms with van der Waals surface area (Å²) in [6.45, 7) is 8.05. The fourth-order valence-corrected chi connectivity index (χ4v) is 3.14. The van der Waals surface area contributed by atoms with Crippen molar-refractivity contribution < 1.29 is 4.74 Å². The molecule has 0 saturated carbocycles. The number of nitrogens with one attached hydrogen (secondary N) is 1. The third kappa shape index (κ3) is 2.80. The zero-order chi connectivity index (χ0) is 14.6. The summed E-state index contributed by atoms with van der Waals surface area (Å²) in [5, 5.41) is 3.45. The molecule has 2 rings (SSSR count). The Kier molecular flexibility index (Phi) is 4.96. The monoisotopic (exact) mass is 278 g/mol. The van der Waals surface area contributed by atoms with E-state index in [4.69, 9.17) is 10.5 Å². The zero-order valence-electron chi connectivity index (χ0n) is 12.7. The molecular formula is C15H26N4O. The van der Waals surface area contributed by atoms with Crippen LogP contribution in [-0.4, -0.2) is 48.8 Å². The second-order valence-electron chi connectivity index (χ2n) is 5.54. The highest BCUT2D eigenvalue weighted by Crippen LogP contribution is 2.36. The second-order valence-corrected chi connectivity index (χ2v) is 5.54. The van der Waals surface area contributed by atoms with Crippen molar-refractivity contribution >= 4 is 5.69 Å². The van der Waals surface area contributed by atoms with Gasteiger partial charge in [0.25, 0.3) is 0 Å². The average molecular weight is 278 g/mol. The molecule has 5 heteroatoms. The summed E-state index contributed by atoms with van der Waals surface area (Å²) in [6, 6.07) is 2.02. The van der Waals surface area contributed by atoms with E-state index in [0.717, 1.165) is 44.0 Å². The van der Waals surface area contributed by atoms with Crippen molar-refractivity contribution in [1.82, 2.24) is 15.2 Å². The van der Waals surface area contributed by atoms with Gasteiger partial charge < -0.3 is 15.8 Å². The van der Waals surface area contributed by atoms with Crippen LogP contribution in [0.5, 0.6) is 0 Å². The first-order valence-electron chi connectivity index (χ1n) is 7.33. The minimum atomic E-state index is -0.00428. The van der Waals surface area contributed by atoms with Gasteiger partial charge in [0.2, 0.25) is 0 Å². The number of aromatic nitrogens is 1. The topological polar surface area (TPSA) is 63.4 Å². The molecule has 112 valence electrons. The molecule has 1 fully saturated rings. The molecule has 0 bridgehead atoms. The lowest BCUT2D eigenvalue weighted by Gasteiger charge is -2.48. The van der Waals surface area contributed by atoms with Gasteiger partial charge in [0.05, 0.1) is 19.3 Å². The lowest BCUT2D eigenvalue weighted by atomic mass is 9.82. The van der Waals surface area contributed by atoms with Crippen molar-refractivity contribution in [3.8, 4) is 0 Å². The molecule has 20 heavy (non-hydrogen) atoms. The van der Waals surface area contributed by atoms with E-state index in [0.29, 0.717) is 0 Å². The van der Waals surface area contributed by atoms with Crippen molar-refractivity contribution in [2.45, 2.75) is 31.8 Å². The Labute approximate surface area is 121 Å². The van der Waals surface area contributed by atoms with Crippen molar-refractivity contribution in [3.05, 3.63) is 24.0 Å². The van der Waals surface area contributed by atoms with E-state index in [1.54, 1.807) is 6.20 Å². The van der Waals surface area contributed by atoms with E-state index in [1.807, 2.05) is 19.3 Å². The van der Waals surface area contributed by atoms with Gasteiger partial charge >= 0.3 is 0 Å². The SMILES string of the molecule is CCC(C)(C(NC)c1cnccc1N)N1CCOCC1. The van der Waals surface area contributed by atoms with E-state index in [1.165, 1.54) is 0 Å². The van der Waals surface area contributed by atoms with Crippen LogP contribution in [0.3, 0.4) is 0 Å². The highest BCUT2D eigenvalue weighted by Gasteiger charge is 2.39. The quantitative estimate of drug-likeness (QED) is 0.853. The minimum absolute atomic E-state index is 0.00428. The maximum atomic E-state index is 6.15. The molecule has 2 atom stereocenters. The van der Waals surface area contributed by atoms with Crippen molar-refractivity contribution in [3.63, 3.8) is 0 Å². The number of pyridine rings is 1. The summed E-state index contributed by atoms with van der Waals surface area (Å²) in [5.41, 5.74) is 8.02. The molecule has 0 aromatic carbocycles. The average Bonchev–Trinajstić information content (AvgIpc) is 2.50. The number of morpholine rings is 1. The van der Waals surface area contributed by atoms with Gasteiger partial charge in [-0.1, -0.05) is 6.92 Å². The van der Waals surface area contributed by atoms with Crippen LogP contribution in [0.25, 0.3) is 0 Å². The molecule has 0 spiro atoms. The number of hydrogen-bond acceptors (Lipinski definition) is 5. The number of rotatable bonds is 5. The lowest BCUT2D eigenvalue weighted by Crippen LogP contribution is -2.57. The molecule has 2 unspecified atom stereocenters. The Morgan fingerprint density at radius 1 is 1.50 bits per heavy atom. The lowest BCUT2D eigenvalue weighted by molar-refractivity contribution is -0.0318. The molecule has 1 saturated heterocycles. The van der Waals surface area contributed by atoms with Gasteiger partial charge in [0.1, 0.15) is 0 Å². The third-order valence-electron chi connectivity index (χ3n) is 4.56. The van der Waals surface area contributed by atoms with Crippen LogP contribution in [0.15, 0.2) is 18.5 Å². The van der Waals surface area contributed by atoms with Gasteiger partial charge in [-0.15, -0.1) is 0 Å². The predicted octanol–water partition coefficient (Wildman–Crippen LogP) is 1.43. The van der Waals surface area contributed by atoms with Crippen molar-refractivity contribution in [2.75, 3.05) is 39.1 Å². The normalized spacial score (nSPS) is 21.4. The van der Waals surface area contributed by atoms with Gasteiger partial charge in [0.15, 0.2) is 0 Å². The molecule has 0 radical (unpaired) electrons. The van der Waals surface area contributed by atoms with Crippen LogP contribution in [0.2, 0.25) is 0 Å². The van der Waals surface area contributed by atoms with E-state index in [2.05, 4.69) is 29.0 Å². The maximum Gasteiger partial charge on any atom is 0.0594 e. The Hall–Kier alpha value is -1.17. The van der Waals surface area contributed by atoms with Crippen LogP contribution in [0.4, 0.5) is 5.69 Å². The van der Waals surface area contributed by atoms with Gasteiger partial charge in [-0.25, -0.2) is 0 Å². The molecule has 1 aliphatic rings. The van der Waals surface area contributed by atoms with Crippen molar-refractivity contribution in [1.29, 1.82) is 0 Å². The first-order chi connectivity index (χ1) is 9.63. The molecule has 2 heterocycles. The van der Waals surface area contributed by atoms with Gasteiger partial charge in [-0.2, -0.15) is 0 Å². The zero-order valence-corrected chi connectivity index (χ0v) is 12.7. The summed E-state index contributed by atoms with van der Waals surface area (Å²) in [6.07, 6.45) is 4.65. The van der Waals surface area contributed by atoms with E-state index in [-0.39, 0.29) is 11.6 Å². The number of nitrogen functional groups attached to an aromatic ring is 1. The summed E-state index contributed by atoms with van der Waals surface area (Å²) in [5.74, 6) is 0. The molecule has 5 nitrogen and oxygen atoms in total.